The monoisotopic (exact) mass is 287 g/mol. The van der Waals surface area contributed by atoms with E-state index in [9.17, 15) is 0 Å². The van der Waals surface area contributed by atoms with Gasteiger partial charge in [0.2, 0.25) is 0 Å². The average Bonchev–Trinajstić information content (AvgIpc) is 2.45. The van der Waals surface area contributed by atoms with E-state index in [2.05, 4.69) is 58.1 Å². The van der Waals surface area contributed by atoms with Gasteiger partial charge in [-0.05, 0) is 74.1 Å². The summed E-state index contributed by atoms with van der Waals surface area (Å²) in [5.74, 6) is 2.63. The van der Waals surface area contributed by atoms with Crippen LogP contribution >= 0.6 is 0 Å². The highest BCUT2D eigenvalue weighted by atomic mass is 14.9. The molecule has 0 heterocycles. The van der Waals surface area contributed by atoms with Gasteiger partial charge >= 0.3 is 0 Å². The first-order valence-corrected chi connectivity index (χ1v) is 8.80. The summed E-state index contributed by atoms with van der Waals surface area (Å²) in [6.07, 6.45) is 5.37. The molecule has 21 heavy (non-hydrogen) atoms. The maximum absolute atomic E-state index is 3.77. The number of aryl methyl sites for hydroxylation is 2. The molecular weight excluding hydrogens is 254 g/mol. The van der Waals surface area contributed by atoms with E-state index in [1.165, 1.54) is 42.4 Å². The van der Waals surface area contributed by atoms with Crippen molar-refractivity contribution in [1.82, 2.24) is 5.32 Å². The Bertz CT molecular complexity index is 451. The molecule has 1 N–H and O–H groups in total. The van der Waals surface area contributed by atoms with E-state index >= 15 is 0 Å². The van der Waals surface area contributed by atoms with Gasteiger partial charge in [-0.3, -0.25) is 0 Å². The van der Waals surface area contributed by atoms with Crippen LogP contribution in [0.25, 0.3) is 0 Å². The van der Waals surface area contributed by atoms with Crippen LogP contribution in [0.1, 0.15) is 56.7 Å². The smallest absolute Gasteiger partial charge is 0.0136 e. The normalized spacial score (nSPS) is 27.6. The van der Waals surface area contributed by atoms with Crippen molar-refractivity contribution >= 4 is 0 Å². The standard InChI is InChI=1S/C20H33N/c1-6-21-20(19-10-8-15(3)17(5)12-19)13-18-9-7-14(2)16(4)11-18/h7,9,11,15,17,19-21H,6,8,10,12-13H2,1-5H3. The fourth-order valence-electron chi connectivity index (χ4n) is 3.81. The first-order valence-electron chi connectivity index (χ1n) is 8.80. The number of hydrogen-bond donors (Lipinski definition) is 1. The van der Waals surface area contributed by atoms with Crippen LogP contribution in [0.2, 0.25) is 0 Å². The molecule has 0 spiro atoms. The lowest BCUT2D eigenvalue weighted by Gasteiger charge is -2.37. The molecular formula is C20H33N. The Labute approximate surface area is 131 Å². The highest BCUT2D eigenvalue weighted by molar-refractivity contribution is 5.30. The topological polar surface area (TPSA) is 12.0 Å². The summed E-state index contributed by atoms with van der Waals surface area (Å²) in [4.78, 5) is 0. The maximum Gasteiger partial charge on any atom is 0.0136 e. The number of likely N-dealkylation sites (N-methyl/N-ethyl adjacent to an activating group) is 1. The van der Waals surface area contributed by atoms with Gasteiger partial charge in [0, 0.05) is 6.04 Å². The van der Waals surface area contributed by atoms with E-state index in [-0.39, 0.29) is 0 Å². The molecule has 1 heteroatoms. The third kappa shape index (κ3) is 4.32. The van der Waals surface area contributed by atoms with Crippen LogP contribution in [0.4, 0.5) is 0 Å². The van der Waals surface area contributed by atoms with Crippen molar-refractivity contribution in [2.24, 2.45) is 17.8 Å². The molecule has 1 nitrogen and oxygen atoms in total. The fraction of sp³-hybridized carbons (Fsp3) is 0.700. The molecule has 118 valence electrons. The first-order chi connectivity index (χ1) is 10.0. The average molecular weight is 287 g/mol. The van der Waals surface area contributed by atoms with E-state index in [0.717, 1.165) is 24.3 Å². The van der Waals surface area contributed by atoms with Crippen molar-refractivity contribution < 1.29 is 0 Å². The second kappa shape index (κ2) is 7.45. The van der Waals surface area contributed by atoms with Crippen LogP contribution in [0, 0.1) is 31.6 Å². The molecule has 4 atom stereocenters. The van der Waals surface area contributed by atoms with Gasteiger partial charge in [0.25, 0.3) is 0 Å². The summed E-state index contributed by atoms with van der Waals surface area (Å²) in [7, 11) is 0. The Morgan fingerprint density at radius 2 is 1.86 bits per heavy atom. The molecule has 1 fully saturated rings. The Balaban J connectivity index is 2.06. The van der Waals surface area contributed by atoms with Gasteiger partial charge in [0.15, 0.2) is 0 Å². The number of rotatable bonds is 5. The summed E-state index contributed by atoms with van der Waals surface area (Å²) in [6.45, 7) is 12.6. The van der Waals surface area contributed by atoms with Gasteiger partial charge in [-0.15, -0.1) is 0 Å². The van der Waals surface area contributed by atoms with Crippen LogP contribution in [0.3, 0.4) is 0 Å². The minimum Gasteiger partial charge on any atom is -0.314 e. The van der Waals surface area contributed by atoms with Crippen LogP contribution in [-0.4, -0.2) is 12.6 Å². The van der Waals surface area contributed by atoms with Crippen LogP contribution in [0.5, 0.6) is 0 Å². The second-order valence-corrected chi connectivity index (χ2v) is 7.31. The first kappa shape index (κ1) is 16.5. The van der Waals surface area contributed by atoms with Crippen molar-refractivity contribution in [1.29, 1.82) is 0 Å². The van der Waals surface area contributed by atoms with Gasteiger partial charge in [-0.25, -0.2) is 0 Å². The van der Waals surface area contributed by atoms with E-state index < -0.39 is 0 Å². The minimum absolute atomic E-state index is 0.645. The largest absolute Gasteiger partial charge is 0.314 e. The fourth-order valence-corrected chi connectivity index (χ4v) is 3.81. The minimum atomic E-state index is 0.645. The Kier molecular flexibility index (Phi) is 5.87. The predicted octanol–water partition coefficient (Wildman–Crippen LogP) is 4.90. The van der Waals surface area contributed by atoms with Crippen LogP contribution in [-0.2, 0) is 6.42 Å². The Morgan fingerprint density at radius 3 is 2.48 bits per heavy atom. The van der Waals surface area contributed by atoms with Crippen molar-refractivity contribution in [2.75, 3.05) is 6.54 Å². The van der Waals surface area contributed by atoms with Crippen molar-refractivity contribution in [3.05, 3.63) is 34.9 Å². The summed E-state index contributed by atoms with van der Waals surface area (Å²) in [5.41, 5.74) is 4.32. The SMILES string of the molecule is CCNC(Cc1ccc(C)c(C)c1)C1CCC(C)C(C)C1. The van der Waals surface area contributed by atoms with Gasteiger partial charge in [-0.2, -0.15) is 0 Å². The molecule has 1 aliphatic rings. The number of nitrogens with one attached hydrogen (secondary N) is 1. The molecule has 0 aromatic heterocycles. The zero-order valence-electron chi connectivity index (χ0n) is 14.6. The molecule has 2 rings (SSSR count). The molecule has 1 aromatic carbocycles. The van der Waals surface area contributed by atoms with Gasteiger partial charge in [0.05, 0.1) is 0 Å². The van der Waals surface area contributed by atoms with E-state index in [0.29, 0.717) is 6.04 Å². The molecule has 4 unspecified atom stereocenters. The van der Waals surface area contributed by atoms with E-state index in [1.807, 2.05) is 0 Å². The van der Waals surface area contributed by atoms with Crippen molar-refractivity contribution in [3.8, 4) is 0 Å². The van der Waals surface area contributed by atoms with Gasteiger partial charge < -0.3 is 5.32 Å². The molecule has 1 aromatic rings. The molecule has 0 radical (unpaired) electrons. The Hall–Kier alpha value is -0.820. The summed E-state index contributed by atoms with van der Waals surface area (Å²) >= 11 is 0. The van der Waals surface area contributed by atoms with Crippen molar-refractivity contribution in [2.45, 2.75) is 66.3 Å². The predicted molar refractivity (Wildman–Crippen MR) is 92.8 cm³/mol. The molecule has 0 bridgehead atoms. The summed E-state index contributed by atoms with van der Waals surface area (Å²) in [5, 5.41) is 3.77. The summed E-state index contributed by atoms with van der Waals surface area (Å²) in [6, 6.07) is 7.63. The van der Waals surface area contributed by atoms with Crippen LogP contribution < -0.4 is 5.32 Å². The number of hydrogen-bond acceptors (Lipinski definition) is 1. The molecule has 0 aliphatic heterocycles. The number of benzene rings is 1. The summed E-state index contributed by atoms with van der Waals surface area (Å²) < 4.78 is 0. The molecule has 1 saturated carbocycles. The lowest BCUT2D eigenvalue weighted by atomic mass is 9.72. The molecule has 0 amide bonds. The highest BCUT2D eigenvalue weighted by Crippen LogP contribution is 2.35. The third-order valence-corrected chi connectivity index (χ3v) is 5.70. The quantitative estimate of drug-likeness (QED) is 0.812. The maximum atomic E-state index is 3.77. The zero-order valence-corrected chi connectivity index (χ0v) is 14.6. The lowest BCUT2D eigenvalue weighted by molar-refractivity contribution is 0.171. The van der Waals surface area contributed by atoms with Gasteiger partial charge in [0.1, 0.15) is 0 Å². The van der Waals surface area contributed by atoms with E-state index in [1.54, 1.807) is 0 Å². The van der Waals surface area contributed by atoms with E-state index in [4.69, 9.17) is 0 Å². The zero-order chi connectivity index (χ0) is 15.4. The third-order valence-electron chi connectivity index (χ3n) is 5.70. The molecule has 0 saturated heterocycles. The van der Waals surface area contributed by atoms with Crippen LogP contribution in [0.15, 0.2) is 18.2 Å². The highest BCUT2D eigenvalue weighted by Gasteiger charge is 2.29. The lowest BCUT2D eigenvalue weighted by Crippen LogP contribution is -2.41. The molecule has 1 aliphatic carbocycles. The van der Waals surface area contributed by atoms with Gasteiger partial charge in [-0.1, -0.05) is 45.4 Å². The second-order valence-electron chi connectivity index (χ2n) is 7.31. The Morgan fingerprint density at radius 1 is 1.10 bits per heavy atom. The van der Waals surface area contributed by atoms with Crippen molar-refractivity contribution in [3.63, 3.8) is 0 Å².